The van der Waals surface area contributed by atoms with Crippen LogP contribution < -0.4 is 10.9 Å². The molecule has 0 atom stereocenters. The Bertz CT molecular complexity index is 1410. The van der Waals surface area contributed by atoms with Gasteiger partial charge in [-0.3, -0.25) is 19.2 Å². The number of piperidine rings is 2. The second-order valence-corrected chi connectivity index (χ2v) is 12.9. The summed E-state index contributed by atoms with van der Waals surface area (Å²) in [6.45, 7) is 7.42. The molecule has 2 N–H and O–H groups in total. The van der Waals surface area contributed by atoms with Gasteiger partial charge in [-0.25, -0.2) is 0 Å². The minimum atomic E-state index is -0.189. The summed E-state index contributed by atoms with van der Waals surface area (Å²) in [7, 11) is 0. The van der Waals surface area contributed by atoms with E-state index in [2.05, 4.69) is 57.9 Å². The van der Waals surface area contributed by atoms with Crippen molar-refractivity contribution in [3.8, 4) is 0 Å². The Hall–Kier alpha value is -2.49. The highest BCUT2D eigenvalue weighted by molar-refractivity contribution is 9.10. The van der Waals surface area contributed by atoms with Crippen LogP contribution in [0.2, 0.25) is 0 Å². The molecular formula is C31H41BrN6O2. The van der Waals surface area contributed by atoms with Gasteiger partial charge in [0.1, 0.15) is 0 Å². The molecule has 3 fully saturated rings. The largest absolute Gasteiger partial charge is 0.348 e. The van der Waals surface area contributed by atoms with Gasteiger partial charge in [-0.15, -0.1) is 0 Å². The van der Waals surface area contributed by atoms with Crippen molar-refractivity contribution in [3.05, 3.63) is 61.6 Å². The van der Waals surface area contributed by atoms with Crippen molar-refractivity contribution in [3.63, 3.8) is 0 Å². The van der Waals surface area contributed by atoms with Crippen LogP contribution in [0.15, 0.2) is 33.7 Å². The summed E-state index contributed by atoms with van der Waals surface area (Å²) < 4.78 is 2.94. The fourth-order valence-electron chi connectivity index (χ4n) is 7.09. The Labute approximate surface area is 244 Å². The SMILES string of the molecule is Cc1cc(CN2CCC(N3CCCCC3)CC2)c(CNC(=O)c2cc(Br)cc3c2cnn3C2CCCC2)c(=O)[nH]1. The molecule has 3 aromatic rings. The number of fused-ring (bicyclic) bond motifs is 1. The summed E-state index contributed by atoms with van der Waals surface area (Å²) in [5.74, 6) is -0.189. The van der Waals surface area contributed by atoms with E-state index in [1.54, 1.807) is 0 Å². The number of aryl methyl sites for hydroxylation is 1. The number of halogens is 1. The third-order valence-electron chi connectivity index (χ3n) is 9.24. The molecule has 1 aliphatic carbocycles. The number of benzene rings is 1. The average molecular weight is 610 g/mol. The molecule has 4 heterocycles. The summed E-state index contributed by atoms with van der Waals surface area (Å²) in [5.41, 5.74) is 3.95. The first kappa shape index (κ1) is 27.7. The normalized spacial score (nSPS) is 19.9. The molecule has 1 aromatic carbocycles. The molecule has 1 amide bonds. The van der Waals surface area contributed by atoms with Gasteiger partial charge in [-0.2, -0.15) is 5.10 Å². The molecule has 2 aromatic heterocycles. The number of aromatic nitrogens is 3. The lowest BCUT2D eigenvalue weighted by Crippen LogP contribution is -2.46. The third-order valence-corrected chi connectivity index (χ3v) is 9.70. The summed E-state index contributed by atoms with van der Waals surface area (Å²) >= 11 is 3.61. The van der Waals surface area contributed by atoms with Crippen molar-refractivity contribution < 1.29 is 4.79 Å². The van der Waals surface area contributed by atoms with Gasteiger partial charge < -0.3 is 15.2 Å². The van der Waals surface area contributed by atoms with Gasteiger partial charge in [0.15, 0.2) is 0 Å². The zero-order valence-electron chi connectivity index (χ0n) is 23.6. The zero-order chi connectivity index (χ0) is 27.6. The Kier molecular flexibility index (Phi) is 8.42. The highest BCUT2D eigenvalue weighted by atomic mass is 79.9. The summed E-state index contributed by atoms with van der Waals surface area (Å²) in [5, 5.41) is 8.58. The van der Waals surface area contributed by atoms with E-state index in [1.807, 2.05) is 19.2 Å². The van der Waals surface area contributed by atoms with Gasteiger partial charge in [0.05, 0.1) is 23.3 Å². The number of amides is 1. The number of carbonyl (C=O) groups excluding carboxylic acids is 1. The molecule has 3 aliphatic rings. The maximum Gasteiger partial charge on any atom is 0.253 e. The first-order chi connectivity index (χ1) is 19.5. The Balaban J connectivity index is 1.15. The van der Waals surface area contributed by atoms with Crippen LogP contribution >= 0.6 is 15.9 Å². The van der Waals surface area contributed by atoms with Gasteiger partial charge in [-0.1, -0.05) is 35.2 Å². The number of nitrogens with zero attached hydrogens (tertiary/aromatic N) is 4. The smallest absolute Gasteiger partial charge is 0.253 e. The number of hydrogen-bond donors (Lipinski definition) is 2. The molecule has 9 heteroatoms. The fourth-order valence-corrected chi connectivity index (χ4v) is 7.54. The number of carbonyl (C=O) groups is 1. The molecular weight excluding hydrogens is 568 g/mol. The van der Waals surface area contributed by atoms with Gasteiger partial charge in [0.2, 0.25) is 0 Å². The summed E-state index contributed by atoms with van der Waals surface area (Å²) in [6, 6.07) is 7.06. The third kappa shape index (κ3) is 5.92. The van der Waals surface area contributed by atoms with Gasteiger partial charge >= 0.3 is 0 Å². The fraction of sp³-hybridized carbons (Fsp3) is 0.581. The molecule has 2 aliphatic heterocycles. The first-order valence-corrected chi connectivity index (χ1v) is 15.9. The summed E-state index contributed by atoms with van der Waals surface area (Å²) in [4.78, 5) is 34.7. The van der Waals surface area contributed by atoms with Crippen molar-refractivity contribution in [1.29, 1.82) is 0 Å². The molecule has 0 spiro atoms. The lowest BCUT2D eigenvalue weighted by Gasteiger charge is -2.40. The monoisotopic (exact) mass is 608 g/mol. The Morgan fingerprint density at radius 3 is 2.50 bits per heavy atom. The van der Waals surface area contributed by atoms with Crippen LogP contribution in [0.1, 0.15) is 91.0 Å². The van der Waals surface area contributed by atoms with E-state index in [0.29, 0.717) is 23.2 Å². The van der Waals surface area contributed by atoms with E-state index in [4.69, 9.17) is 0 Å². The van der Waals surface area contributed by atoms with Gasteiger partial charge in [0.25, 0.3) is 11.5 Å². The molecule has 1 saturated carbocycles. The minimum Gasteiger partial charge on any atom is -0.348 e. The number of likely N-dealkylation sites (tertiary alicyclic amines) is 2. The summed E-state index contributed by atoms with van der Waals surface area (Å²) in [6.07, 6.45) is 12.9. The van der Waals surface area contributed by atoms with Crippen LogP contribution in [0.3, 0.4) is 0 Å². The van der Waals surface area contributed by atoms with Crippen molar-refractivity contribution in [2.75, 3.05) is 26.2 Å². The lowest BCUT2D eigenvalue weighted by atomic mass is 9.99. The van der Waals surface area contributed by atoms with E-state index in [0.717, 1.165) is 59.1 Å². The van der Waals surface area contributed by atoms with Crippen LogP contribution in [0.25, 0.3) is 10.9 Å². The van der Waals surface area contributed by atoms with Gasteiger partial charge in [0, 0.05) is 40.2 Å². The van der Waals surface area contributed by atoms with E-state index in [1.165, 1.54) is 58.0 Å². The number of aromatic amines is 1. The van der Waals surface area contributed by atoms with Crippen LogP contribution in [0, 0.1) is 6.92 Å². The minimum absolute atomic E-state index is 0.119. The van der Waals surface area contributed by atoms with Gasteiger partial charge in [-0.05, 0) is 95.4 Å². The quantitative estimate of drug-likeness (QED) is 0.380. The maximum absolute atomic E-state index is 13.5. The van der Waals surface area contributed by atoms with E-state index >= 15 is 0 Å². The van der Waals surface area contributed by atoms with E-state index in [-0.39, 0.29) is 18.0 Å². The van der Waals surface area contributed by atoms with Crippen LogP contribution in [-0.2, 0) is 13.1 Å². The Morgan fingerprint density at radius 1 is 1.00 bits per heavy atom. The number of rotatable bonds is 7. The molecule has 8 nitrogen and oxygen atoms in total. The molecule has 2 saturated heterocycles. The second-order valence-electron chi connectivity index (χ2n) is 12.0. The molecule has 0 radical (unpaired) electrons. The van der Waals surface area contributed by atoms with Crippen molar-refractivity contribution in [2.24, 2.45) is 0 Å². The number of H-pyrrole nitrogens is 1. The van der Waals surface area contributed by atoms with Crippen molar-refractivity contribution >= 4 is 32.7 Å². The highest BCUT2D eigenvalue weighted by Gasteiger charge is 2.27. The molecule has 0 unspecified atom stereocenters. The number of hydrogen-bond acceptors (Lipinski definition) is 5. The molecule has 0 bridgehead atoms. The Morgan fingerprint density at radius 2 is 1.75 bits per heavy atom. The predicted molar refractivity (Wildman–Crippen MR) is 162 cm³/mol. The predicted octanol–water partition coefficient (Wildman–Crippen LogP) is 5.29. The second kappa shape index (κ2) is 12.2. The van der Waals surface area contributed by atoms with Crippen molar-refractivity contribution in [1.82, 2.24) is 29.9 Å². The molecule has 40 heavy (non-hydrogen) atoms. The standard InChI is InChI=1S/C31H41BrN6O2/c1-21-15-22(20-36-13-9-24(10-14-36)37-11-5-2-6-12-37)27(31(40)35-21)18-33-30(39)26-16-23(32)17-29-28(26)19-34-38(29)25-7-3-4-8-25/h15-17,19,24-25H,2-14,18,20H2,1H3,(H,33,39)(H,35,40). The maximum atomic E-state index is 13.5. The topological polar surface area (TPSA) is 86.3 Å². The van der Waals surface area contributed by atoms with Crippen LogP contribution in [0.4, 0.5) is 0 Å². The van der Waals surface area contributed by atoms with E-state index < -0.39 is 0 Å². The number of pyridine rings is 1. The number of nitrogens with one attached hydrogen (secondary N) is 2. The first-order valence-electron chi connectivity index (χ1n) is 15.1. The molecule has 6 rings (SSSR count). The lowest BCUT2D eigenvalue weighted by molar-refractivity contribution is 0.0893. The van der Waals surface area contributed by atoms with E-state index in [9.17, 15) is 9.59 Å². The van der Waals surface area contributed by atoms with Crippen molar-refractivity contribution in [2.45, 2.75) is 89.9 Å². The highest BCUT2D eigenvalue weighted by Crippen LogP contribution is 2.34. The molecule has 214 valence electrons. The average Bonchev–Trinajstić information content (AvgIpc) is 3.63. The van der Waals surface area contributed by atoms with Crippen LogP contribution in [0.5, 0.6) is 0 Å². The zero-order valence-corrected chi connectivity index (χ0v) is 25.1. The van der Waals surface area contributed by atoms with Crippen LogP contribution in [-0.4, -0.2) is 62.7 Å².